The van der Waals surface area contributed by atoms with Crippen molar-refractivity contribution >= 4 is 11.6 Å². The number of rotatable bonds is 4. The lowest BCUT2D eigenvalue weighted by atomic mass is 9.86. The molecule has 100 valence electrons. The summed E-state index contributed by atoms with van der Waals surface area (Å²) in [5.41, 5.74) is 7.23. The second kappa shape index (κ2) is 6.55. The molecule has 0 radical (unpaired) electrons. The number of nitrogens with zero attached hydrogens (tertiary/aromatic N) is 1. The van der Waals surface area contributed by atoms with Gasteiger partial charge in [-0.3, -0.25) is 0 Å². The van der Waals surface area contributed by atoms with Gasteiger partial charge in [-0.25, -0.2) is 0 Å². The Hall–Kier alpha value is -0.570. The van der Waals surface area contributed by atoms with Gasteiger partial charge in [0.15, 0.2) is 0 Å². The molecule has 1 fully saturated rings. The van der Waals surface area contributed by atoms with Crippen molar-refractivity contribution in [1.82, 2.24) is 4.90 Å². The van der Waals surface area contributed by atoms with E-state index < -0.39 is 0 Å². The van der Waals surface area contributed by atoms with Gasteiger partial charge >= 0.3 is 0 Å². The van der Waals surface area contributed by atoms with Crippen molar-refractivity contribution in [2.75, 3.05) is 13.6 Å². The molecule has 0 amide bonds. The van der Waals surface area contributed by atoms with E-state index in [-0.39, 0.29) is 0 Å². The SMILES string of the molecule is CN(Cc1cccc(Cl)c1)CC1CCC(N)CC1. The number of halogens is 1. The Kier molecular flexibility index (Phi) is 5.04. The van der Waals surface area contributed by atoms with Crippen molar-refractivity contribution in [3.8, 4) is 0 Å². The highest BCUT2D eigenvalue weighted by atomic mass is 35.5. The predicted molar refractivity (Wildman–Crippen MR) is 77.7 cm³/mol. The molecule has 1 aliphatic carbocycles. The summed E-state index contributed by atoms with van der Waals surface area (Å²) < 4.78 is 0. The molecule has 2 rings (SSSR count). The van der Waals surface area contributed by atoms with E-state index in [0.29, 0.717) is 6.04 Å². The molecule has 1 aromatic carbocycles. The van der Waals surface area contributed by atoms with Gasteiger partial charge in [-0.1, -0.05) is 23.7 Å². The predicted octanol–water partition coefficient (Wildman–Crippen LogP) is 3.29. The molecule has 18 heavy (non-hydrogen) atoms. The first-order chi connectivity index (χ1) is 8.63. The average molecular weight is 267 g/mol. The maximum atomic E-state index is 6.00. The summed E-state index contributed by atoms with van der Waals surface area (Å²) in [5, 5.41) is 0.824. The monoisotopic (exact) mass is 266 g/mol. The summed E-state index contributed by atoms with van der Waals surface area (Å²) in [5.74, 6) is 0.814. The van der Waals surface area contributed by atoms with Crippen molar-refractivity contribution in [2.45, 2.75) is 38.3 Å². The standard InChI is InChI=1S/C15H23ClN2/c1-18(10-12-5-7-15(17)8-6-12)11-13-3-2-4-14(16)9-13/h2-4,9,12,15H,5-8,10-11,17H2,1H3. The highest BCUT2D eigenvalue weighted by molar-refractivity contribution is 6.30. The van der Waals surface area contributed by atoms with Crippen LogP contribution < -0.4 is 5.73 Å². The van der Waals surface area contributed by atoms with E-state index in [1.165, 1.54) is 37.8 Å². The van der Waals surface area contributed by atoms with Crippen LogP contribution in [0, 0.1) is 5.92 Å². The third-order valence-corrected chi connectivity index (χ3v) is 4.04. The molecule has 2 nitrogen and oxygen atoms in total. The Labute approximate surface area is 115 Å². The summed E-state index contributed by atoms with van der Waals surface area (Å²) in [6.45, 7) is 2.14. The van der Waals surface area contributed by atoms with Gasteiger partial charge in [-0.05, 0) is 56.3 Å². The third kappa shape index (κ3) is 4.27. The van der Waals surface area contributed by atoms with Crippen LogP contribution >= 0.6 is 11.6 Å². The molecule has 0 spiro atoms. The summed E-state index contributed by atoms with van der Waals surface area (Å²) in [4.78, 5) is 2.40. The normalized spacial score (nSPS) is 24.4. The number of hydrogen-bond donors (Lipinski definition) is 1. The molecule has 2 N–H and O–H groups in total. The molecule has 1 saturated carbocycles. The van der Waals surface area contributed by atoms with Crippen LogP contribution in [0.15, 0.2) is 24.3 Å². The van der Waals surface area contributed by atoms with Crippen LogP contribution in [0.4, 0.5) is 0 Å². The van der Waals surface area contributed by atoms with E-state index in [4.69, 9.17) is 17.3 Å². The fraction of sp³-hybridized carbons (Fsp3) is 0.600. The van der Waals surface area contributed by atoms with Crippen LogP contribution in [-0.2, 0) is 6.54 Å². The Morgan fingerprint density at radius 1 is 1.28 bits per heavy atom. The minimum absolute atomic E-state index is 0.444. The molecule has 0 aromatic heterocycles. The number of nitrogens with two attached hydrogens (primary N) is 1. The minimum atomic E-state index is 0.444. The van der Waals surface area contributed by atoms with E-state index in [2.05, 4.69) is 24.1 Å². The van der Waals surface area contributed by atoms with E-state index in [1.54, 1.807) is 0 Å². The van der Waals surface area contributed by atoms with Gasteiger partial charge in [0.2, 0.25) is 0 Å². The number of hydrogen-bond acceptors (Lipinski definition) is 2. The Morgan fingerprint density at radius 2 is 2.00 bits per heavy atom. The highest BCUT2D eigenvalue weighted by Gasteiger charge is 2.19. The maximum absolute atomic E-state index is 6.00. The molecule has 0 atom stereocenters. The Balaban J connectivity index is 1.80. The molecular weight excluding hydrogens is 244 g/mol. The molecule has 1 aromatic rings. The molecule has 1 aliphatic rings. The first-order valence-electron chi connectivity index (χ1n) is 6.82. The topological polar surface area (TPSA) is 29.3 Å². The van der Waals surface area contributed by atoms with Gasteiger partial charge in [-0.2, -0.15) is 0 Å². The third-order valence-electron chi connectivity index (χ3n) is 3.80. The van der Waals surface area contributed by atoms with Gasteiger partial charge < -0.3 is 10.6 Å². The quantitative estimate of drug-likeness (QED) is 0.906. The molecule has 3 heteroatoms. The average Bonchev–Trinajstić information content (AvgIpc) is 2.32. The van der Waals surface area contributed by atoms with Crippen molar-refractivity contribution in [1.29, 1.82) is 0 Å². The zero-order valence-corrected chi connectivity index (χ0v) is 11.9. The first-order valence-corrected chi connectivity index (χ1v) is 7.20. The molecule has 0 unspecified atom stereocenters. The van der Waals surface area contributed by atoms with E-state index in [0.717, 1.165) is 17.5 Å². The van der Waals surface area contributed by atoms with Gasteiger partial charge in [-0.15, -0.1) is 0 Å². The molecule has 0 bridgehead atoms. The van der Waals surface area contributed by atoms with Gasteiger partial charge in [0.1, 0.15) is 0 Å². The molecule has 0 heterocycles. The summed E-state index contributed by atoms with van der Waals surface area (Å²) in [7, 11) is 2.19. The summed E-state index contributed by atoms with van der Waals surface area (Å²) in [6.07, 6.45) is 4.94. The fourth-order valence-electron chi connectivity index (χ4n) is 2.82. The summed E-state index contributed by atoms with van der Waals surface area (Å²) >= 11 is 6.00. The van der Waals surface area contributed by atoms with Crippen molar-refractivity contribution in [3.63, 3.8) is 0 Å². The maximum Gasteiger partial charge on any atom is 0.0409 e. The van der Waals surface area contributed by atoms with Gasteiger partial charge in [0.25, 0.3) is 0 Å². The molecule has 0 aliphatic heterocycles. The first kappa shape index (κ1) is 13.9. The largest absolute Gasteiger partial charge is 0.328 e. The molecular formula is C15H23ClN2. The van der Waals surface area contributed by atoms with Crippen molar-refractivity contribution in [3.05, 3.63) is 34.9 Å². The van der Waals surface area contributed by atoms with Crippen LogP contribution in [0.5, 0.6) is 0 Å². The second-order valence-corrected chi connectivity index (χ2v) is 6.04. The van der Waals surface area contributed by atoms with E-state index in [1.807, 2.05) is 12.1 Å². The van der Waals surface area contributed by atoms with E-state index in [9.17, 15) is 0 Å². The van der Waals surface area contributed by atoms with Gasteiger partial charge in [0, 0.05) is 24.2 Å². The van der Waals surface area contributed by atoms with Crippen molar-refractivity contribution < 1.29 is 0 Å². The van der Waals surface area contributed by atoms with Crippen LogP contribution in [-0.4, -0.2) is 24.5 Å². The number of benzene rings is 1. The van der Waals surface area contributed by atoms with Crippen LogP contribution in [0.3, 0.4) is 0 Å². The zero-order valence-electron chi connectivity index (χ0n) is 11.1. The van der Waals surface area contributed by atoms with E-state index >= 15 is 0 Å². The summed E-state index contributed by atoms with van der Waals surface area (Å²) in [6, 6.07) is 8.58. The Morgan fingerprint density at radius 3 is 2.67 bits per heavy atom. The highest BCUT2D eigenvalue weighted by Crippen LogP contribution is 2.24. The minimum Gasteiger partial charge on any atom is -0.328 e. The van der Waals surface area contributed by atoms with Crippen LogP contribution in [0.1, 0.15) is 31.2 Å². The lowest BCUT2D eigenvalue weighted by Gasteiger charge is -2.29. The van der Waals surface area contributed by atoms with Crippen molar-refractivity contribution in [2.24, 2.45) is 11.7 Å². The second-order valence-electron chi connectivity index (χ2n) is 5.61. The lowest BCUT2D eigenvalue weighted by Crippen LogP contribution is -2.32. The van der Waals surface area contributed by atoms with Crippen LogP contribution in [0.25, 0.3) is 0 Å². The Bertz CT molecular complexity index is 373. The lowest BCUT2D eigenvalue weighted by molar-refractivity contribution is 0.219. The fourth-order valence-corrected chi connectivity index (χ4v) is 3.04. The van der Waals surface area contributed by atoms with Gasteiger partial charge in [0.05, 0.1) is 0 Å². The van der Waals surface area contributed by atoms with Crippen LogP contribution in [0.2, 0.25) is 5.02 Å². The smallest absolute Gasteiger partial charge is 0.0409 e. The molecule has 0 saturated heterocycles. The zero-order chi connectivity index (χ0) is 13.0.